The maximum atomic E-state index is 14.5. The van der Waals surface area contributed by atoms with E-state index in [1.165, 1.54) is 4.90 Å². The van der Waals surface area contributed by atoms with Crippen LogP contribution in [0.15, 0.2) is 71.5 Å². The van der Waals surface area contributed by atoms with E-state index in [9.17, 15) is 14.4 Å². The number of carbonyl (C=O) groups is 2. The van der Waals surface area contributed by atoms with Crippen molar-refractivity contribution >= 4 is 28.4 Å². The minimum absolute atomic E-state index is 0.173. The third kappa shape index (κ3) is 3.08. The van der Waals surface area contributed by atoms with E-state index in [0.717, 1.165) is 16.7 Å². The van der Waals surface area contributed by atoms with Gasteiger partial charge in [0.15, 0.2) is 0 Å². The summed E-state index contributed by atoms with van der Waals surface area (Å²) in [4.78, 5) is 49.0. The van der Waals surface area contributed by atoms with Crippen LogP contribution in [0.3, 0.4) is 0 Å². The highest BCUT2D eigenvalue weighted by Gasteiger charge is 2.69. The number of nitrogens with one attached hydrogen (secondary N) is 1. The van der Waals surface area contributed by atoms with Crippen molar-refractivity contribution < 1.29 is 9.59 Å². The number of amides is 2. The number of hydrogen-bond acceptors (Lipinski definition) is 5. The summed E-state index contributed by atoms with van der Waals surface area (Å²) in [6, 6.07) is 20.4. The van der Waals surface area contributed by atoms with Crippen molar-refractivity contribution in [3.05, 3.63) is 99.6 Å². The van der Waals surface area contributed by atoms with Gasteiger partial charge in [-0.25, -0.2) is 9.88 Å². The standard InChI is InChI=1S/C32H30N4O3/c1-17(2)15-24-26-27(30(39)35(29(26)38)20-14-13-18(3)19(4)16-20)32(34-24)22-10-6-8-12-25(22)36-28(37)21-9-5-7-11-23(21)33-31(32)36/h5-14,16-17,24,26-27,34H,15H2,1-4H3/t24-,26-,27-,32+/m1/s1. The number of anilines is 1. The molecule has 0 saturated carbocycles. The summed E-state index contributed by atoms with van der Waals surface area (Å²) >= 11 is 0. The van der Waals surface area contributed by atoms with Crippen molar-refractivity contribution in [2.45, 2.75) is 45.7 Å². The van der Waals surface area contributed by atoms with Gasteiger partial charge in [-0.1, -0.05) is 50.2 Å². The van der Waals surface area contributed by atoms with Gasteiger partial charge < -0.3 is 0 Å². The lowest BCUT2D eigenvalue weighted by Gasteiger charge is -2.32. The first-order chi connectivity index (χ1) is 18.7. The van der Waals surface area contributed by atoms with E-state index in [4.69, 9.17) is 4.98 Å². The molecule has 1 N–H and O–H groups in total. The van der Waals surface area contributed by atoms with Crippen molar-refractivity contribution in [3.8, 4) is 5.69 Å². The van der Waals surface area contributed by atoms with Gasteiger partial charge in [-0.15, -0.1) is 0 Å². The predicted molar refractivity (Wildman–Crippen MR) is 150 cm³/mol. The maximum Gasteiger partial charge on any atom is 0.266 e. The molecule has 1 spiro atoms. The molecule has 196 valence electrons. The minimum Gasteiger partial charge on any atom is -0.297 e. The normalized spacial score (nSPS) is 25.2. The first-order valence-electron chi connectivity index (χ1n) is 13.6. The average Bonchev–Trinajstić information content (AvgIpc) is 3.49. The molecule has 0 bridgehead atoms. The van der Waals surface area contributed by atoms with E-state index in [1.807, 2.05) is 74.5 Å². The van der Waals surface area contributed by atoms with Gasteiger partial charge in [0.05, 0.1) is 34.1 Å². The van der Waals surface area contributed by atoms with Crippen LogP contribution in [-0.2, 0) is 15.1 Å². The Morgan fingerprint density at radius 2 is 1.67 bits per heavy atom. The molecule has 0 aliphatic carbocycles. The number of aromatic nitrogens is 2. The Morgan fingerprint density at radius 3 is 2.44 bits per heavy atom. The monoisotopic (exact) mass is 518 g/mol. The maximum absolute atomic E-state index is 14.5. The third-order valence-electron chi connectivity index (χ3n) is 8.84. The zero-order valence-electron chi connectivity index (χ0n) is 22.4. The number of hydrogen-bond donors (Lipinski definition) is 1. The van der Waals surface area contributed by atoms with Crippen molar-refractivity contribution in [1.82, 2.24) is 14.9 Å². The Morgan fingerprint density at radius 1 is 0.923 bits per heavy atom. The van der Waals surface area contributed by atoms with Gasteiger partial charge in [-0.3, -0.25) is 24.3 Å². The summed E-state index contributed by atoms with van der Waals surface area (Å²) < 4.78 is 1.65. The molecule has 3 aliphatic heterocycles. The highest BCUT2D eigenvalue weighted by atomic mass is 16.2. The van der Waals surface area contributed by atoms with Crippen molar-refractivity contribution in [2.75, 3.05) is 4.90 Å². The molecule has 4 atom stereocenters. The first kappa shape index (κ1) is 24.0. The molecule has 2 amide bonds. The lowest BCUT2D eigenvalue weighted by atomic mass is 9.75. The van der Waals surface area contributed by atoms with Crippen molar-refractivity contribution in [2.24, 2.45) is 17.8 Å². The van der Waals surface area contributed by atoms with Gasteiger partial charge >= 0.3 is 0 Å². The number of imide groups is 1. The molecule has 3 aliphatic rings. The lowest BCUT2D eigenvalue weighted by molar-refractivity contribution is -0.123. The number of para-hydroxylation sites is 2. The molecule has 7 nitrogen and oxygen atoms in total. The van der Waals surface area contributed by atoms with Crippen LogP contribution in [0, 0.1) is 31.6 Å². The van der Waals surface area contributed by atoms with Crippen LogP contribution >= 0.6 is 0 Å². The highest BCUT2D eigenvalue weighted by molar-refractivity contribution is 6.23. The molecule has 7 heteroatoms. The lowest BCUT2D eigenvalue weighted by Crippen LogP contribution is -2.50. The van der Waals surface area contributed by atoms with Crippen LogP contribution in [0.5, 0.6) is 0 Å². The first-order valence-corrected chi connectivity index (χ1v) is 13.6. The van der Waals surface area contributed by atoms with E-state index in [1.54, 1.807) is 10.6 Å². The van der Waals surface area contributed by atoms with E-state index in [2.05, 4.69) is 19.2 Å². The Bertz CT molecular complexity index is 1770. The summed E-state index contributed by atoms with van der Waals surface area (Å²) in [6.45, 7) is 8.24. The van der Waals surface area contributed by atoms with E-state index < -0.39 is 17.4 Å². The largest absolute Gasteiger partial charge is 0.297 e. The number of carbonyl (C=O) groups excluding carboxylic acids is 2. The van der Waals surface area contributed by atoms with Gasteiger partial charge in [0.2, 0.25) is 11.8 Å². The van der Waals surface area contributed by atoms with Crippen LogP contribution in [0.1, 0.15) is 42.8 Å². The second-order valence-electron chi connectivity index (χ2n) is 11.6. The zero-order chi connectivity index (χ0) is 27.2. The SMILES string of the molecule is Cc1ccc(N2C(=O)[C@@H]3[C@@H](CC(C)C)N[C@@]4(c5ccccc5-n5c4nc4ccccc4c5=O)[C@H]3C2=O)cc1C. The highest BCUT2D eigenvalue weighted by Crippen LogP contribution is 2.56. The topological polar surface area (TPSA) is 84.3 Å². The smallest absolute Gasteiger partial charge is 0.266 e. The molecule has 4 heterocycles. The van der Waals surface area contributed by atoms with Gasteiger partial charge in [0, 0.05) is 11.6 Å². The molecule has 2 saturated heterocycles. The Hall–Kier alpha value is -4.10. The summed E-state index contributed by atoms with van der Waals surface area (Å²) in [5, 5.41) is 4.29. The quantitative estimate of drug-likeness (QED) is 0.407. The molecule has 7 rings (SSSR count). The molecule has 0 radical (unpaired) electrons. The Balaban J connectivity index is 1.51. The van der Waals surface area contributed by atoms with E-state index in [0.29, 0.717) is 40.4 Å². The number of rotatable bonds is 3. The summed E-state index contributed by atoms with van der Waals surface area (Å²) in [5.74, 6) is -0.986. The van der Waals surface area contributed by atoms with Gasteiger partial charge in [0.25, 0.3) is 5.56 Å². The average molecular weight is 519 g/mol. The minimum atomic E-state index is -1.11. The fourth-order valence-corrected chi connectivity index (χ4v) is 7.05. The van der Waals surface area contributed by atoms with Gasteiger partial charge in [-0.2, -0.15) is 0 Å². The Labute approximate surface area is 226 Å². The fraction of sp³-hybridized carbons (Fsp3) is 0.312. The summed E-state index contributed by atoms with van der Waals surface area (Å²) in [7, 11) is 0. The van der Waals surface area contributed by atoms with E-state index >= 15 is 0 Å². The molecular weight excluding hydrogens is 488 g/mol. The van der Waals surface area contributed by atoms with Crippen LogP contribution in [0.25, 0.3) is 16.6 Å². The molecule has 2 fully saturated rings. The third-order valence-corrected chi connectivity index (χ3v) is 8.84. The summed E-state index contributed by atoms with van der Waals surface area (Å²) in [6.07, 6.45) is 0.711. The van der Waals surface area contributed by atoms with Crippen molar-refractivity contribution in [3.63, 3.8) is 0 Å². The molecule has 0 unspecified atom stereocenters. The number of fused-ring (bicyclic) bond motifs is 8. The van der Waals surface area contributed by atoms with Crippen LogP contribution in [0.4, 0.5) is 5.69 Å². The molecule has 39 heavy (non-hydrogen) atoms. The van der Waals surface area contributed by atoms with Gasteiger partial charge in [-0.05, 0) is 67.6 Å². The molecule has 1 aromatic heterocycles. The van der Waals surface area contributed by atoms with Crippen molar-refractivity contribution in [1.29, 1.82) is 0 Å². The van der Waals surface area contributed by atoms with Crippen LogP contribution in [-0.4, -0.2) is 27.4 Å². The molecule has 3 aromatic carbocycles. The number of aryl methyl sites for hydroxylation is 2. The number of benzene rings is 3. The van der Waals surface area contributed by atoms with Crippen LogP contribution in [0.2, 0.25) is 0 Å². The second kappa shape index (κ2) is 8.20. The number of nitrogens with zero attached hydrogens (tertiary/aromatic N) is 3. The predicted octanol–water partition coefficient (Wildman–Crippen LogP) is 4.38. The van der Waals surface area contributed by atoms with E-state index in [-0.39, 0.29) is 23.4 Å². The van der Waals surface area contributed by atoms with Crippen LogP contribution < -0.4 is 15.8 Å². The zero-order valence-corrected chi connectivity index (χ0v) is 22.4. The van der Waals surface area contributed by atoms with Gasteiger partial charge in [0.1, 0.15) is 11.4 Å². The molecular formula is C32H30N4O3. The fourth-order valence-electron chi connectivity index (χ4n) is 7.05. The molecule has 4 aromatic rings. The Kier molecular flexibility index (Phi) is 5.04. The second-order valence-corrected chi connectivity index (χ2v) is 11.6. The summed E-state index contributed by atoms with van der Waals surface area (Å²) in [5.41, 5.74) is 3.53.